The van der Waals surface area contributed by atoms with Gasteiger partial charge in [0.2, 0.25) is 11.8 Å². The minimum Gasteiger partial charge on any atom is -0.495 e. The van der Waals surface area contributed by atoms with Gasteiger partial charge in [-0.25, -0.2) is 0 Å². The van der Waals surface area contributed by atoms with Crippen molar-refractivity contribution in [2.45, 2.75) is 26.7 Å². The predicted octanol–water partition coefficient (Wildman–Crippen LogP) is 4.21. The van der Waals surface area contributed by atoms with Gasteiger partial charge in [0.05, 0.1) is 18.7 Å². The van der Waals surface area contributed by atoms with Crippen LogP contribution in [0.4, 0.5) is 11.4 Å². The van der Waals surface area contributed by atoms with Crippen LogP contribution in [0.1, 0.15) is 24.5 Å². The summed E-state index contributed by atoms with van der Waals surface area (Å²) >= 11 is 6.12. The summed E-state index contributed by atoms with van der Waals surface area (Å²) in [5, 5.41) is 3.46. The molecule has 1 heterocycles. The Morgan fingerprint density at radius 1 is 1.33 bits per heavy atom. The smallest absolute Gasteiger partial charge is 0.229 e. The molecule has 5 nitrogen and oxygen atoms in total. The van der Waals surface area contributed by atoms with Gasteiger partial charge in [0.25, 0.3) is 0 Å². The molecule has 0 bridgehead atoms. The monoisotopic (exact) mass is 386 g/mol. The normalized spacial score (nSPS) is 16.5. The Morgan fingerprint density at radius 2 is 2.07 bits per heavy atom. The van der Waals surface area contributed by atoms with Gasteiger partial charge >= 0.3 is 0 Å². The summed E-state index contributed by atoms with van der Waals surface area (Å²) in [7, 11) is 1.53. The van der Waals surface area contributed by atoms with E-state index in [1.807, 2.05) is 31.2 Å². The third kappa shape index (κ3) is 3.93. The van der Waals surface area contributed by atoms with Crippen LogP contribution in [0.15, 0.2) is 36.4 Å². The Morgan fingerprint density at radius 3 is 2.78 bits per heavy atom. The summed E-state index contributed by atoms with van der Waals surface area (Å²) in [5.41, 5.74) is 3.39. The Hall–Kier alpha value is -2.53. The first-order valence-electron chi connectivity index (χ1n) is 8.97. The molecule has 1 atom stereocenters. The highest BCUT2D eigenvalue weighted by atomic mass is 35.5. The van der Waals surface area contributed by atoms with Gasteiger partial charge < -0.3 is 15.0 Å². The molecular weight excluding hydrogens is 364 g/mol. The van der Waals surface area contributed by atoms with E-state index in [2.05, 4.69) is 12.2 Å². The van der Waals surface area contributed by atoms with E-state index < -0.39 is 5.92 Å². The van der Waals surface area contributed by atoms with E-state index in [0.29, 0.717) is 23.0 Å². The van der Waals surface area contributed by atoms with Crippen molar-refractivity contribution >= 4 is 34.8 Å². The molecule has 142 valence electrons. The molecule has 2 aromatic rings. The van der Waals surface area contributed by atoms with E-state index in [4.69, 9.17) is 16.3 Å². The van der Waals surface area contributed by atoms with E-state index >= 15 is 0 Å². The Kier molecular flexibility index (Phi) is 5.71. The standard InChI is InChI=1S/C21H23ClN2O3/c1-4-14-7-5-6-8-18(14)24-12-15(10-20(24)25)21(26)23-17-9-13(2)16(22)11-19(17)27-3/h5-9,11,15H,4,10,12H2,1-3H3,(H,23,26). The van der Waals surface area contributed by atoms with Crippen molar-refractivity contribution in [3.05, 3.63) is 52.5 Å². The first-order valence-corrected chi connectivity index (χ1v) is 9.35. The van der Waals surface area contributed by atoms with Crippen molar-refractivity contribution in [2.24, 2.45) is 5.92 Å². The summed E-state index contributed by atoms with van der Waals surface area (Å²) in [5.74, 6) is -0.144. The maximum absolute atomic E-state index is 12.8. The summed E-state index contributed by atoms with van der Waals surface area (Å²) in [6.07, 6.45) is 1.02. The number of para-hydroxylation sites is 1. The molecule has 1 aliphatic heterocycles. The van der Waals surface area contributed by atoms with Gasteiger partial charge in [0.15, 0.2) is 0 Å². The second-order valence-corrected chi connectivity index (χ2v) is 7.09. The fourth-order valence-electron chi connectivity index (χ4n) is 3.35. The zero-order valence-electron chi connectivity index (χ0n) is 15.7. The summed E-state index contributed by atoms with van der Waals surface area (Å²) in [4.78, 5) is 27.0. The molecule has 1 fully saturated rings. The van der Waals surface area contributed by atoms with Gasteiger partial charge in [-0.1, -0.05) is 36.7 Å². The lowest BCUT2D eigenvalue weighted by Gasteiger charge is -2.20. The van der Waals surface area contributed by atoms with Crippen LogP contribution in [0.5, 0.6) is 5.75 Å². The largest absolute Gasteiger partial charge is 0.495 e. The van der Waals surface area contributed by atoms with Crippen LogP contribution >= 0.6 is 11.6 Å². The molecule has 2 aromatic carbocycles. The van der Waals surface area contributed by atoms with Crippen molar-refractivity contribution in [2.75, 3.05) is 23.9 Å². The molecule has 3 rings (SSSR count). The molecule has 0 aromatic heterocycles. The lowest BCUT2D eigenvalue weighted by molar-refractivity contribution is -0.122. The predicted molar refractivity (Wildman–Crippen MR) is 108 cm³/mol. The molecule has 27 heavy (non-hydrogen) atoms. The molecule has 1 unspecified atom stereocenters. The first-order chi connectivity index (χ1) is 12.9. The van der Waals surface area contributed by atoms with Crippen molar-refractivity contribution in [3.63, 3.8) is 0 Å². The van der Waals surface area contributed by atoms with Crippen molar-refractivity contribution < 1.29 is 14.3 Å². The fourth-order valence-corrected chi connectivity index (χ4v) is 3.51. The Bertz CT molecular complexity index is 882. The third-order valence-corrected chi connectivity index (χ3v) is 5.30. The van der Waals surface area contributed by atoms with E-state index in [1.165, 1.54) is 7.11 Å². The van der Waals surface area contributed by atoms with Crippen LogP contribution in [0.3, 0.4) is 0 Å². The quantitative estimate of drug-likeness (QED) is 0.837. The Balaban J connectivity index is 1.78. The number of nitrogens with one attached hydrogen (secondary N) is 1. The van der Waals surface area contributed by atoms with Gasteiger partial charge in [-0.05, 0) is 36.6 Å². The number of carbonyl (C=O) groups is 2. The molecule has 2 amide bonds. The summed E-state index contributed by atoms with van der Waals surface area (Å²) in [6.45, 7) is 4.29. The molecule has 0 spiro atoms. The molecule has 1 aliphatic rings. The number of hydrogen-bond donors (Lipinski definition) is 1. The Labute approximate surface area is 164 Å². The number of benzene rings is 2. The van der Waals surface area contributed by atoms with E-state index in [-0.39, 0.29) is 18.2 Å². The van der Waals surface area contributed by atoms with Gasteiger partial charge in [-0.3, -0.25) is 9.59 Å². The highest BCUT2D eigenvalue weighted by Gasteiger charge is 2.36. The van der Waals surface area contributed by atoms with Crippen LogP contribution < -0.4 is 15.0 Å². The molecule has 1 N–H and O–H groups in total. The van der Waals surface area contributed by atoms with Crippen molar-refractivity contribution in [1.82, 2.24) is 0 Å². The number of nitrogens with zero attached hydrogens (tertiary/aromatic N) is 1. The molecule has 1 saturated heterocycles. The number of ether oxygens (including phenoxy) is 1. The SMILES string of the molecule is CCc1ccccc1N1CC(C(=O)Nc2cc(C)c(Cl)cc2OC)CC1=O. The zero-order valence-corrected chi connectivity index (χ0v) is 16.5. The number of methoxy groups -OCH3 is 1. The second-order valence-electron chi connectivity index (χ2n) is 6.68. The van der Waals surface area contributed by atoms with Crippen LogP contribution in [-0.2, 0) is 16.0 Å². The number of aryl methyl sites for hydroxylation is 2. The maximum atomic E-state index is 12.8. The number of carbonyl (C=O) groups excluding carboxylic acids is 2. The minimum atomic E-state index is -0.414. The molecular formula is C21H23ClN2O3. The first kappa shape index (κ1) is 19.2. The van der Waals surface area contributed by atoms with Crippen LogP contribution in [0.25, 0.3) is 0 Å². The van der Waals surface area contributed by atoms with Gasteiger partial charge in [0, 0.05) is 29.7 Å². The van der Waals surface area contributed by atoms with Crippen molar-refractivity contribution in [1.29, 1.82) is 0 Å². The number of halogens is 1. The van der Waals surface area contributed by atoms with Gasteiger partial charge in [-0.15, -0.1) is 0 Å². The maximum Gasteiger partial charge on any atom is 0.229 e. The number of rotatable bonds is 5. The highest BCUT2D eigenvalue weighted by molar-refractivity contribution is 6.31. The molecule has 0 aliphatic carbocycles. The summed E-state index contributed by atoms with van der Waals surface area (Å²) in [6, 6.07) is 11.3. The van der Waals surface area contributed by atoms with Crippen LogP contribution in [0.2, 0.25) is 5.02 Å². The van der Waals surface area contributed by atoms with E-state index in [9.17, 15) is 9.59 Å². The van der Waals surface area contributed by atoms with Crippen LogP contribution in [-0.4, -0.2) is 25.5 Å². The number of anilines is 2. The molecule has 6 heteroatoms. The van der Waals surface area contributed by atoms with Gasteiger partial charge in [0.1, 0.15) is 5.75 Å². The lowest BCUT2D eigenvalue weighted by Crippen LogP contribution is -2.28. The topological polar surface area (TPSA) is 58.6 Å². The van der Waals surface area contributed by atoms with Crippen molar-refractivity contribution in [3.8, 4) is 5.75 Å². The average Bonchev–Trinajstić information content (AvgIpc) is 3.06. The summed E-state index contributed by atoms with van der Waals surface area (Å²) < 4.78 is 5.31. The number of hydrogen-bond acceptors (Lipinski definition) is 3. The van der Waals surface area contributed by atoms with E-state index in [1.54, 1.807) is 17.0 Å². The highest BCUT2D eigenvalue weighted by Crippen LogP contribution is 2.33. The number of amides is 2. The van der Waals surface area contributed by atoms with Crippen LogP contribution in [0, 0.1) is 12.8 Å². The molecule has 0 saturated carbocycles. The lowest BCUT2D eigenvalue weighted by atomic mass is 10.1. The third-order valence-electron chi connectivity index (χ3n) is 4.90. The second kappa shape index (κ2) is 8.01. The zero-order chi connectivity index (χ0) is 19.6. The fraction of sp³-hybridized carbons (Fsp3) is 0.333. The van der Waals surface area contributed by atoms with Gasteiger partial charge in [-0.2, -0.15) is 0 Å². The molecule has 0 radical (unpaired) electrons. The van der Waals surface area contributed by atoms with E-state index in [0.717, 1.165) is 23.2 Å². The average molecular weight is 387 g/mol. The minimum absolute atomic E-state index is 0.0321.